The van der Waals surface area contributed by atoms with E-state index in [4.69, 9.17) is 10.5 Å². The van der Waals surface area contributed by atoms with Crippen LogP contribution in [0.25, 0.3) is 0 Å². The van der Waals surface area contributed by atoms with E-state index in [0.717, 1.165) is 6.61 Å². The second kappa shape index (κ2) is 8.21. The summed E-state index contributed by atoms with van der Waals surface area (Å²) in [6.45, 7) is 6.40. The molecule has 0 unspecified atom stereocenters. The van der Waals surface area contributed by atoms with E-state index in [9.17, 15) is 0 Å². The Morgan fingerprint density at radius 3 is 2.33 bits per heavy atom. The Bertz CT molecular complexity index is 50.3. The van der Waals surface area contributed by atoms with Crippen LogP contribution >= 0.6 is 12.4 Å². The Balaban J connectivity index is 0. The van der Waals surface area contributed by atoms with E-state index in [1.165, 1.54) is 0 Å². The van der Waals surface area contributed by atoms with Crippen molar-refractivity contribution in [3.63, 3.8) is 0 Å². The summed E-state index contributed by atoms with van der Waals surface area (Å²) in [4.78, 5) is 0. The zero-order valence-electron chi connectivity index (χ0n) is 6.09. The highest BCUT2D eigenvalue weighted by Crippen LogP contribution is 1.90. The van der Waals surface area contributed by atoms with Crippen LogP contribution in [0.1, 0.15) is 13.8 Å². The normalized spacial score (nSPS) is 9.33. The van der Waals surface area contributed by atoms with Gasteiger partial charge in [-0.05, 0) is 5.92 Å². The third kappa shape index (κ3) is 11.7. The minimum absolute atomic E-state index is 0. The molecule has 0 atom stereocenters. The van der Waals surface area contributed by atoms with E-state index in [2.05, 4.69) is 13.8 Å². The van der Waals surface area contributed by atoms with E-state index in [0.29, 0.717) is 19.1 Å². The standard InChI is InChI=1S/C6H15NO.ClH/c1-6(2)5-8-4-3-7;/h6H,3-5,7H2,1-2H3;1H. The predicted molar refractivity (Wildman–Crippen MR) is 42.0 cm³/mol. The summed E-state index contributed by atoms with van der Waals surface area (Å²) in [5.41, 5.74) is 5.19. The van der Waals surface area contributed by atoms with Crippen LogP contribution in [0.2, 0.25) is 0 Å². The van der Waals surface area contributed by atoms with E-state index >= 15 is 0 Å². The minimum atomic E-state index is 0. The zero-order valence-corrected chi connectivity index (χ0v) is 6.91. The number of ether oxygens (including phenoxy) is 1. The maximum Gasteiger partial charge on any atom is 0.0588 e. The van der Waals surface area contributed by atoms with Gasteiger partial charge in [0.15, 0.2) is 0 Å². The highest BCUT2D eigenvalue weighted by atomic mass is 35.5. The highest BCUT2D eigenvalue weighted by Gasteiger charge is 1.90. The van der Waals surface area contributed by atoms with Crippen molar-refractivity contribution in [3.05, 3.63) is 0 Å². The van der Waals surface area contributed by atoms with Gasteiger partial charge in [-0.25, -0.2) is 0 Å². The lowest BCUT2D eigenvalue weighted by Crippen LogP contribution is -2.11. The number of rotatable bonds is 4. The molecule has 0 radical (unpaired) electrons. The average Bonchev–Trinajstić information content (AvgIpc) is 1.66. The van der Waals surface area contributed by atoms with Gasteiger partial charge >= 0.3 is 0 Å². The lowest BCUT2D eigenvalue weighted by Gasteiger charge is -2.03. The molecular weight excluding hydrogens is 138 g/mol. The summed E-state index contributed by atoms with van der Waals surface area (Å²) in [5.74, 6) is 0.626. The SMILES string of the molecule is CC(C)COCCN.Cl. The molecule has 0 saturated carbocycles. The van der Waals surface area contributed by atoms with Gasteiger partial charge in [0.2, 0.25) is 0 Å². The number of hydrogen-bond donors (Lipinski definition) is 1. The number of halogens is 1. The van der Waals surface area contributed by atoms with Crippen LogP contribution in [-0.4, -0.2) is 19.8 Å². The first-order chi connectivity index (χ1) is 3.77. The van der Waals surface area contributed by atoms with Crippen LogP contribution in [-0.2, 0) is 4.74 Å². The maximum atomic E-state index is 5.19. The monoisotopic (exact) mass is 153 g/mol. The second-order valence-corrected chi connectivity index (χ2v) is 2.26. The van der Waals surface area contributed by atoms with Gasteiger partial charge in [0.25, 0.3) is 0 Å². The van der Waals surface area contributed by atoms with E-state index in [1.54, 1.807) is 0 Å². The summed E-state index contributed by atoms with van der Waals surface area (Å²) >= 11 is 0. The molecule has 0 aromatic rings. The Labute approximate surface area is 63.2 Å². The van der Waals surface area contributed by atoms with E-state index in [1.807, 2.05) is 0 Å². The molecule has 2 N–H and O–H groups in total. The van der Waals surface area contributed by atoms with Crippen molar-refractivity contribution in [3.8, 4) is 0 Å². The quantitative estimate of drug-likeness (QED) is 0.613. The fourth-order valence-electron chi connectivity index (χ4n) is 0.402. The summed E-state index contributed by atoms with van der Waals surface area (Å²) in [6, 6.07) is 0. The Kier molecular flexibility index (Phi) is 10.9. The molecule has 0 bridgehead atoms. The predicted octanol–water partition coefficient (Wildman–Crippen LogP) is 1.04. The fraction of sp³-hybridized carbons (Fsp3) is 1.00. The molecule has 0 amide bonds. The molecule has 0 aliphatic rings. The summed E-state index contributed by atoms with van der Waals surface area (Å²) in [7, 11) is 0. The molecule has 0 aromatic heterocycles. The Hall–Kier alpha value is 0.210. The molecule has 0 aliphatic heterocycles. The molecule has 0 aromatic carbocycles. The van der Waals surface area contributed by atoms with Crippen LogP contribution in [0, 0.1) is 5.92 Å². The van der Waals surface area contributed by atoms with E-state index in [-0.39, 0.29) is 12.4 Å². The molecule has 0 spiro atoms. The highest BCUT2D eigenvalue weighted by molar-refractivity contribution is 5.85. The van der Waals surface area contributed by atoms with Crippen molar-refractivity contribution >= 4 is 12.4 Å². The van der Waals surface area contributed by atoms with Crippen LogP contribution < -0.4 is 5.73 Å². The lowest BCUT2D eigenvalue weighted by atomic mass is 10.2. The zero-order chi connectivity index (χ0) is 6.41. The van der Waals surface area contributed by atoms with E-state index < -0.39 is 0 Å². The number of hydrogen-bond acceptors (Lipinski definition) is 2. The fourth-order valence-corrected chi connectivity index (χ4v) is 0.402. The molecule has 3 heteroatoms. The van der Waals surface area contributed by atoms with Crippen LogP contribution in [0.3, 0.4) is 0 Å². The van der Waals surface area contributed by atoms with Crippen molar-refractivity contribution in [2.45, 2.75) is 13.8 Å². The molecule has 2 nitrogen and oxygen atoms in total. The van der Waals surface area contributed by atoms with Gasteiger partial charge in [-0.3, -0.25) is 0 Å². The molecule has 9 heavy (non-hydrogen) atoms. The molecule has 0 saturated heterocycles. The summed E-state index contributed by atoms with van der Waals surface area (Å²) in [5, 5.41) is 0. The van der Waals surface area contributed by atoms with Crippen molar-refractivity contribution in [1.29, 1.82) is 0 Å². The number of nitrogens with two attached hydrogens (primary N) is 1. The van der Waals surface area contributed by atoms with Gasteiger partial charge in [0.1, 0.15) is 0 Å². The Morgan fingerprint density at radius 1 is 1.44 bits per heavy atom. The van der Waals surface area contributed by atoms with Gasteiger partial charge in [-0.1, -0.05) is 13.8 Å². The maximum absolute atomic E-state index is 5.19. The first-order valence-electron chi connectivity index (χ1n) is 3.05. The Morgan fingerprint density at radius 2 is 2.00 bits per heavy atom. The summed E-state index contributed by atoms with van der Waals surface area (Å²) in [6.07, 6.45) is 0. The molecule has 58 valence electrons. The van der Waals surface area contributed by atoms with Gasteiger partial charge in [0.05, 0.1) is 6.61 Å². The first-order valence-corrected chi connectivity index (χ1v) is 3.05. The first kappa shape index (κ1) is 11.9. The topological polar surface area (TPSA) is 35.2 Å². The van der Waals surface area contributed by atoms with Crippen molar-refractivity contribution in [2.24, 2.45) is 11.7 Å². The van der Waals surface area contributed by atoms with Crippen molar-refractivity contribution in [1.82, 2.24) is 0 Å². The molecule has 0 fully saturated rings. The van der Waals surface area contributed by atoms with Gasteiger partial charge in [-0.15, -0.1) is 12.4 Å². The second-order valence-electron chi connectivity index (χ2n) is 2.26. The largest absolute Gasteiger partial charge is 0.380 e. The van der Waals surface area contributed by atoms with Crippen molar-refractivity contribution in [2.75, 3.05) is 19.8 Å². The van der Waals surface area contributed by atoms with Gasteiger partial charge in [0, 0.05) is 13.2 Å². The minimum Gasteiger partial charge on any atom is -0.380 e. The molecule has 0 aliphatic carbocycles. The van der Waals surface area contributed by atoms with Crippen LogP contribution in [0.5, 0.6) is 0 Å². The lowest BCUT2D eigenvalue weighted by molar-refractivity contribution is 0.116. The smallest absolute Gasteiger partial charge is 0.0588 e. The van der Waals surface area contributed by atoms with Gasteiger partial charge in [-0.2, -0.15) is 0 Å². The third-order valence-corrected chi connectivity index (χ3v) is 0.713. The van der Waals surface area contributed by atoms with Crippen molar-refractivity contribution < 1.29 is 4.74 Å². The third-order valence-electron chi connectivity index (χ3n) is 0.713. The summed E-state index contributed by atoms with van der Waals surface area (Å²) < 4.78 is 5.12. The van der Waals surface area contributed by atoms with Crippen LogP contribution in [0.15, 0.2) is 0 Å². The van der Waals surface area contributed by atoms with Gasteiger partial charge < -0.3 is 10.5 Å². The van der Waals surface area contributed by atoms with Crippen LogP contribution in [0.4, 0.5) is 0 Å². The molecule has 0 heterocycles. The average molecular weight is 154 g/mol. The molecule has 0 rings (SSSR count). The molecular formula is C6H16ClNO.